The van der Waals surface area contributed by atoms with Gasteiger partial charge in [0.1, 0.15) is 0 Å². The van der Waals surface area contributed by atoms with E-state index in [1.165, 1.54) is 52.1 Å². The zero-order chi connectivity index (χ0) is 12.8. The molecule has 0 amide bonds. The molecule has 4 unspecified atom stereocenters. The van der Waals surface area contributed by atoms with Gasteiger partial charge >= 0.3 is 0 Å². The van der Waals surface area contributed by atoms with E-state index in [1.807, 2.05) is 0 Å². The van der Waals surface area contributed by atoms with E-state index < -0.39 is 0 Å². The summed E-state index contributed by atoms with van der Waals surface area (Å²) in [4.78, 5) is 5.27. The predicted octanol–water partition coefficient (Wildman–Crippen LogP) is 0.354. The molecule has 0 saturated carbocycles. The smallest absolute Gasteiger partial charge is 0.0166 e. The summed E-state index contributed by atoms with van der Waals surface area (Å²) in [7, 11) is 0. The van der Waals surface area contributed by atoms with Crippen molar-refractivity contribution in [1.82, 2.24) is 20.4 Å². The Labute approximate surface area is 112 Å². The molecule has 0 aromatic heterocycles. The summed E-state index contributed by atoms with van der Waals surface area (Å²) in [5.41, 5.74) is 0. The van der Waals surface area contributed by atoms with Crippen LogP contribution in [0.3, 0.4) is 0 Å². The second kappa shape index (κ2) is 7.43. The molecule has 2 bridgehead atoms. The molecule has 2 saturated heterocycles. The third-order valence-corrected chi connectivity index (χ3v) is 4.08. The fourth-order valence-corrected chi connectivity index (χ4v) is 3.08. The number of fused-ring (bicyclic) bond motifs is 3. The lowest BCUT2D eigenvalue weighted by Crippen LogP contribution is -2.49. The Morgan fingerprint density at radius 2 is 1.17 bits per heavy atom. The number of rotatable bonds is 0. The van der Waals surface area contributed by atoms with Gasteiger partial charge in [-0.25, -0.2) is 0 Å². The maximum Gasteiger partial charge on any atom is 0.0166 e. The van der Waals surface area contributed by atoms with Crippen molar-refractivity contribution in [1.29, 1.82) is 0 Å². The molecule has 0 spiro atoms. The molecule has 106 valence electrons. The monoisotopic (exact) mass is 254 g/mol. The first-order valence-electron chi connectivity index (χ1n) is 7.65. The highest BCUT2D eigenvalue weighted by atomic mass is 15.2. The van der Waals surface area contributed by atoms with Crippen molar-refractivity contribution in [2.24, 2.45) is 0 Å². The van der Waals surface area contributed by atoms with Crippen LogP contribution in [0.5, 0.6) is 0 Å². The first-order chi connectivity index (χ1) is 8.74. The first-order valence-corrected chi connectivity index (χ1v) is 7.65. The average molecular weight is 254 g/mol. The zero-order valence-corrected chi connectivity index (χ0v) is 12.1. The molecule has 0 aromatic carbocycles. The van der Waals surface area contributed by atoms with Gasteiger partial charge in [0.2, 0.25) is 0 Å². The largest absolute Gasteiger partial charge is 0.313 e. The Bertz CT molecular complexity index is 210. The molecule has 18 heavy (non-hydrogen) atoms. The van der Waals surface area contributed by atoms with Gasteiger partial charge in [-0.2, -0.15) is 0 Å². The van der Waals surface area contributed by atoms with E-state index in [9.17, 15) is 0 Å². The van der Waals surface area contributed by atoms with Gasteiger partial charge < -0.3 is 20.4 Å². The SMILES string of the molecule is CC1CN2CCCNC(C)CN(CCCN1)CC2. The van der Waals surface area contributed by atoms with Crippen molar-refractivity contribution < 1.29 is 0 Å². The maximum atomic E-state index is 3.65. The van der Waals surface area contributed by atoms with Crippen molar-refractivity contribution in [3.63, 3.8) is 0 Å². The summed E-state index contributed by atoms with van der Waals surface area (Å²) in [6.45, 7) is 14.3. The van der Waals surface area contributed by atoms with Crippen molar-refractivity contribution in [2.45, 2.75) is 38.8 Å². The second-order valence-corrected chi connectivity index (χ2v) is 6.02. The lowest BCUT2D eigenvalue weighted by molar-refractivity contribution is 0.161. The quantitative estimate of drug-likeness (QED) is 0.653. The van der Waals surface area contributed by atoms with Gasteiger partial charge in [0, 0.05) is 38.3 Å². The van der Waals surface area contributed by atoms with Crippen molar-refractivity contribution in [3.8, 4) is 0 Å². The van der Waals surface area contributed by atoms with Crippen LogP contribution in [0.25, 0.3) is 0 Å². The third-order valence-electron chi connectivity index (χ3n) is 4.08. The molecule has 2 aliphatic rings. The Kier molecular flexibility index (Phi) is 5.89. The minimum atomic E-state index is 0.631. The van der Waals surface area contributed by atoms with E-state index in [2.05, 4.69) is 34.3 Å². The number of hydrogen-bond donors (Lipinski definition) is 2. The van der Waals surface area contributed by atoms with Crippen molar-refractivity contribution in [2.75, 3.05) is 52.4 Å². The van der Waals surface area contributed by atoms with Crippen molar-refractivity contribution in [3.05, 3.63) is 0 Å². The molecule has 4 heteroatoms. The Hall–Kier alpha value is -0.160. The minimum absolute atomic E-state index is 0.631. The van der Waals surface area contributed by atoms with Gasteiger partial charge in [0.05, 0.1) is 0 Å². The van der Waals surface area contributed by atoms with Crippen LogP contribution in [0.15, 0.2) is 0 Å². The lowest BCUT2D eigenvalue weighted by Gasteiger charge is -2.34. The number of hydrogen-bond acceptors (Lipinski definition) is 4. The third kappa shape index (κ3) is 4.84. The van der Waals surface area contributed by atoms with Gasteiger partial charge in [-0.1, -0.05) is 0 Å². The number of nitrogens with one attached hydrogen (secondary N) is 2. The van der Waals surface area contributed by atoms with Crippen LogP contribution < -0.4 is 10.6 Å². The molecular formula is C14H30N4. The van der Waals surface area contributed by atoms with E-state index in [-0.39, 0.29) is 0 Å². The highest BCUT2D eigenvalue weighted by Gasteiger charge is 2.17. The molecule has 2 aliphatic heterocycles. The highest BCUT2D eigenvalue weighted by Crippen LogP contribution is 2.03. The van der Waals surface area contributed by atoms with E-state index in [0.717, 1.165) is 13.1 Å². The summed E-state index contributed by atoms with van der Waals surface area (Å²) in [5.74, 6) is 0. The Morgan fingerprint density at radius 1 is 0.722 bits per heavy atom. The van der Waals surface area contributed by atoms with Gasteiger partial charge in [0.25, 0.3) is 0 Å². The second-order valence-electron chi connectivity index (χ2n) is 6.02. The standard InChI is InChI=1S/C14H30N4/c1-13-11-17-7-4-6-16-14(2)12-18(10-9-17)8-3-5-15-13/h13-16H,3-12H2,1-2H3. The van der Waals surface area contributed by atoms with Gasteiger partial charge in [-0.05, 0) is 52.9 Å². The summed E-state index contributed by atoms with van der Waals surface area (Å²) in [6.07, 6.45) is 2.55. The van der Waals surface area contributed by atoms with E-state index in [0.29, 0.717) is 12.1 Å². The van der Waals surface area contributed by atoms with Gasteiger partial charge in [0.15, 0.2) is 0 Å². The van der Waals surface area contributed by atoms with Crippen molar-refractivity contribution >= 4 is 0 Å². The summed E-state index contributed by atoms with van der Waals surface area (Å²) in [6, 6.07) is 1.26. The van der Waals surface area contributed by atoms with Crippen LogP contribution in [0.1, 0.15) is 26.7 Å². The van der Waals surface area contributed by atoms with Gasteiger partial charge in [-0.3, -0.25) is 0 Å². The van der Waals surface area contributed by atoms with Crippen LogP contribution in [-0.4, -0.2) is 74.2 Å². The van der Waals surface area contributed by atoms with E-state index in [4.69, 9.17) is 0 Å². The molecular weight excluding hydrogens is 224 g/mol. The van der Waals surface area contributed by atoms with Crippen LogP contribution in [0.2, 0.25) is 0 Å². The molecule has 2 N–H and O–H groups in total. The Balaban J connectivity index is 1.96. The zero-order valence-electron chi connectivity index (χ0n) is 12.1. The molecule has 0 radical (unpaired) electrons. The average Bonchev–Trinajstić information content (AvgIpc) is 2.35. The molecule has 2 rings (SSSR count). The van der Waals surface area contributed by atoms with Crippen LogP contribution in [0.4, 0.5) is 0 Å². The summed E-state index contributed by atoms with van der Waals surface area (Å²) >= 11 is 0. The van der Waals surface area contributed by atoms with E-state index in [1.54, 1.807) is 0 Å². The maximum absolute atomic E-state index is 3.65. The molecule has 4 nitrogen and oxygen atoms in total. The lowest BCUT2D eigenvalue weighted by atomic mass is 10.2. The summed E-state index contributed by atoms with van der Waals surface area (Å²) in [5, 5.41) is 7.30. The summed E-state index contributed by atoms with van der Waals surface area (Å²) < 4.78 is 0. The molecule has 2 heterocycles. The first kappa shape index (κ1) is 14.3. The normalized spacial score (nSPS) is 40.3. The number of nitrogens with zero attached hydrogens (tertiary/aromatic N) is 2. The fourth-order valence-electron chi connectivity index (χ4n) is 3.08. The highest BCUT2D eigenvalue weighted by molar-refractivity contribution is 4.76. The van der Waals surface area contributed by atoms with E-state index >= 15 is 0 Å². The molecule has 0 aromatic rings. The fraction of sp³-hybridized carbons (Fsp3) is 1.00. The van der Waals surface area contributed by atoms with Gasteiger partial charge in [-0.15, -0.1) is 0 Å². The minimum Gasteiger partial charge on any atom is -0.313 e. The topological polar surface area (TPSA) is 30.5 Å². The molecule has 0 aliphatic carbocycles. The predicted molar refractivity (Wildman–Crippen MR) is 77.0 cm³/mol. The van der Waals surface area contributed by atoms with Crippen LogP contribution in [-0.2, 0) is 0 Å². The Morgan fingerprint density at radius 3 is 1.61 bits per heavy atom. The van der Waals surface area contributed by atoms with Crippen LogP contribution >= 0.6 is 0 Å². The van der Waals surface area contributed by atoms with Crippen LogP contribution in [0, 0.1) is 0 Å². The molecule has 4 atom stereocenters. The molecule has 2 fully saturated rings.